The second-order valence-corrected chi connectivity index (χ2v) is 13.1. The van der Waals surface area contributed by atoms with Crippen LogP contribution in [0.2, 0.25) is 0 Å². The van der Waals surface area contributed by atoms with Gasteiger partial charge < -0.3 is 9.59 Å². The summed E-state index contributed by atoms with van der Waals surface area (Å²) in [7, 11) is -0.892. The number of benzene rings is 6. The zero-order valence-electron chi connectivity index (χ0n) is 23.8. The summed E-state index contributed by atoms with van der Waals surface area (Å²) in [6.07, 6.45) is 0. The molecule has 0 aliphatic carbocycles. The summed E-state index contributed by atoms with van der Waals surface area (Å²) >= 11 is 0. The van der Waals surface area contributed by atoms with Crippen molar-refractivity contribution in [2.75, 3.05) is 0 Å². The van der Waals surface area contributed by atoms with Crippen LogP contribution in [-0.2, 0) is 29.1 Å². The molecule has 0 bridgehead atoms. The molecule has 6 aromatic rings. The Morgan fingerprint density at radius 2 is 0.372 bits per heavy atom. The molecule has 6 aromatic carbocycles. The Morgan fingerprint density at radius 3 is 0.488 bits per heavy atom. The maximum atomic E-state index is 8.00. The number of carbonyl (C=O) groups excluding carboxylic acids is 2. The molecule has 0 saturated carbocycles. The van der Waals surface area contributed by atoms with Crippen LogP contribution < -0.4 is 31.8 Å². The first-order valence-corrected chi connectivity index (χ1v) is 16.1. The number of hydrogen-bond acceptors (Lipinski definition) is 2. The Bertz CT molecular complexity index is 1220. The van der Waals surface area contributed by atoms with Crippen molar-refractivity contribution in [2.24, 2.45) is 0 Å². The molecule has 0 atom stereocenters. The Balaban J connectivity index is 0.000000264. The molecule has 0 radical (unpaired) electrons. The molecule has 0 fully saturated rings. The van der Waals surface area contributed by atoms with Gasteiger partial charge in [0.1, 0.15) is 13.6 Å². The van der Waals surface area contributed by atoms with Gasteiger partial charge in [0.05, 0.1) is 0 Å². The van der Waals surface area contributed by atoms with Gasteiger partial charge in [-0.2, -0.15) is 0 Å². The second kappa shape index (κ2) is 20.9. The minimum atomic E-state index is -0.446. The Kier molecular flexibility index (Phi) is 17.2. The van der Waals surface area contributed by atoms with E-state index < -0.39 is 15.8 Å². The molecule has 0 N–H and O–H groups in total. The van der Waals surface area contributed by atoms with Gasteiger partial charge in [0.2, 0.25) is 0 Å². The molecule has 0 saturated heterocycles. The molecule has 5 heteroatoms. The van der Waals surface area contributed by atoms with Gasteiger partial charge in [-0.1, -0.05) is 182 Å². The van der Waals surface area contributed by atoms with Crippen molar-refractivity contribution in [3.05, 3.63) is 182 Å². The molecule has 216 valence electrons. The fourth-order valence-corrected chi connectivity index (χ4v) is 8.97. The maximum Gasteiger partial charge on any atom is 0.106 e. The van der Waals surface area contributed by atoms with Crippen LogP contribution in [0.1, 0.15) is 0 Å². The van der Waals surface area contributed by atoms with E-state index in [2.05, 4.69) is 182 Å². The fraction of sp³-hybridized carbons (Fsp3) is 0. The molecular weight excluding hydrogens is 651 g/mol. The first kappa shape index (κ1) is 35.3. The Morgan fingerprint density at radius 1 is 0.256 bits per heavy atom. The molecule has 0 amide bonds. The molecule has 6 rings (SSSR count). The largest absolute Gasteiger partial charge is 0.307 e. The van der Waals surface area contributed by atoms with Crippen LogP contribution in [0.5, 0.6) is 0 Å². The van der Waals surface area contributed by atoms with E-state index in [4.69, 9.17) is 9.59 Å². The number of carbonyl (C=O) groups is 2. The van der Waals surface area contributed by atoms with E-state index in [1.807, 2.05) is 13.6 Å². The van der Waals surface area contributed by atoms with Gasteiger partial charge in [-0.25, -0.2) is 0 Å². The molecule has 2 nitrogen and oxygen atoms in total. The van der Waals surface area contributed by atoms with E-state index in [-0.39, 0.29) is 19.5 Å². The van der Waals surface area contributed by atoms with Gasteiger partial charge in [0.15, 0.2) is 0 Å². The van der Waals surface area contributed by atoms with E-state index in [1.165, 1.54) is 31.8 Å². The molecule has 0 heterocycles. The van der Waals surface area contributed by atoms with Gasteiger partial charge >= 0.3 is 0 Å². The van der Waals surface area contributed by atoms with Crippen molar-refractivity contribution in [1.29, 1.82) is 0 Å². The molecule has 0 aliphatic heterocycles. The van der Waals surface area contributed by atoms with Gasteiger partial charge in [-0.3, -0.25) is 0 Å². The van der Waals surface area contributed by atoms with E-state index >= 15 is 0 Å². The minimum absolute atomic E-state index is 0. The summed E-state index contributed by atoms with van der Waals surface area (Å²) in [4.78, 5) is 16.0. The minimum Gasteiger partial charge on any atom is -0.307 e. The first-order chi connectivity index (χ1) is 20.9. The predicted octanol–water partition coefficient (Wildman–Crippen LogP) is 6.52. The van der Waals surface area contributed by atoms with Crippen molar-refractivity contribution in [1.82, 2.24) is 0 Å². The summed E-state index contributed by atoms with van der Waals surface area (Å²) in [6.45, 7) is 4.00. The molecule has 0 aliphatic rings. The van der Waals surface area contributed by atoms with Gasteiger partial charge in [0, 0.05) is 19.5 Å². The predicted molar refractivity (Wildman–Crippen MR) is 185 cm³/mol. The van der Waals surface area contributed by atoms with Crippen LogP contribution in [-0.4, -0.2) is 13.6 Å². The number of hydrogen-bond donors (Lipinski definition) is 0. The zero-order valence-corrected chi connectivity index (χ0v) is 27.3. The number of rotatable bonds is 6. The summed E-state index contributed by atoms with van der Waals surface area (Å²) in [5, 5.41) is 8.39. The monoisotopic (exact) mass is 686 g/mol. The normalized spacial score (nSPS) is 9.53. The average Bonchev–Trinajstić information content (AvgIpc) is 3.10. The molecule has 0 spiro atoms. The summed E-state index contributed by atoms with van der Waals surface area (Å²) in [6, 6.07) is 64.7. The van der Waals surface area contributed by atoms with Crippen LogP contribution in [0.15, 0.2) is 182 Å². The second-order valence-electron chi connectivity index (χ2n) is 8.68. The third-order valence-electron chi connectivity index (χ3n) is 6.09. The van der Waals surface area contributed by atoms with Crippen molar-refractivity contribution >= 4 is 61.2 Å². The molecule has 0 unspecified atom stereocenters. The van der Waals surface area contributed by atoms with E-state index in [0.717, 1.165) is 0 Å². The summed E-state index contributed by atoms with van der Waals surface area (Å²) < 4.78 is 0. The van der Waals surface area contributed by atoms with Gasteiger partial charge in [-0.05, 0) is 47.7 Å². The summed E-state index contributed by atoms with van der Waals surface area (Å²) in [5.41, 5.74) is 0. The third kappa shape index (κ3) is 10.7. The smallest absolute Gasteiger partial charge is 0.106 e. The summed E-state index contributed by atoms with van der Waals surface area (Å²) in [5.74, 6) is 0. The van der Waals surface area contributed by atoms with Gasteiger partial charge in [0.25, 0.3) is 0 Å². The van der Waals surface area contributed by atoms with E-state index in [1.54, 1.807) is 0 Å². The Hall–Kier alpha value is -3.86. The Labute approximate surface area is 271 Å². The topological polar surface area (TPSA) is 34.1 Å². The quantitative estimate of drug-likeness (QED) is 0.148. The molecule has 43 heavy (non-hydrogen) atoms. The van der Waals surface area contributed by atoms with E-state index in [0.29, 0.717) is 0 Å². The van der Waals surface area contributed by atoms with Crippen LogP contribution in [0.4, 0.5) is 0 Å². The van der Waals surface area contributed by atoms with Crippen molar-refractivity contribution in [3.63, 3.8) is 0 Å². The molecule has 0 aromatic heterocycles. The standard InChI is InChI=1S/2C18H15P.2CH2O.Ru/c2*1-4-10-16(11-5-1)19(17-12-6-2-7-13-17)18-14-8-3-9-15-18;2*1-2;/h2*1-15H;2*1H2;. The SMILES string of the molecule is C=O.C=O.[Ru].c1ccc(P(c2ccccc2)c2ccccc2)cc1.c1ccc(P(c2ccccc2)c2ccccc2)cc1. The average molecular weight is 686 g/mol. The van der Waals surface area contributed by atoms with Crippen molar-refractivity contribution < 1.29 is 29.1 Å². The fourth-order valence-electron chi connectivity index (χ4n) is 4.36. The third-order valence-corrected chi connectivity index (χ3v) is 11.0. The van der Waals surface area contributed by atoms with Crippen molar-refractivity contribution in [2.45, 2.75) is 0 Å². The van der Waals surface area contributed by atoms with Crippen LogP contribution in [0.3, 0.4) is 0 Å². The van der Waals surface area contributed by atoms with E-state index in [9.17, 15) is 0 Å². The molecular formula is C38H34O2P2Ru. The van der Waals surface area contributed by atoms with Crippen LogP contribution in [0.25, 0.3) is 0 Å². The maximum absolute atomic E-state index is 8.00. The zero-order chi connectivity index (χ0) is 29.8. The van der Waals surface area contributed by atoms with Crippen molar-refractivity contribution in [3.8, 4) is 0 Å². The van der Waals surface area contributed by atoms with Gasteiger partial charge in [-0.15, -0.1) is 0 Å². The van der Waals surface area contributed by atoms with Crippen LogP contribution >= 0.6 is 15.8 Å². The van der Waals surface area contributed by atoms with Crippen LogP contribution in [0, 0.1) is 0 Å². The first-order valence-electron chi connectivity index (χ1n) is 13.4.